The van der Waals surface area contributed by atoms with Crippen LogP contribution < -0.4 is 5.32 Å². The Morgan fingerprint density at radius 2 is 2.32 bits per heavy atom. The minimum atomic E-state index is -0.568. The van der Waals surface area contributed by atoms with Crippen LogP contribution in [0.25, 0.3) is 0 Å². The fraction of sp³-hybridized carbons (Fsp3) is 0.200. The van der Waals surface area contributed by atoms with E-state index >= 15 is 0 Å². The third-order valence-electron chi connectivity index (χ3n) is 2.38. The third-order valence-corrected chi connectivity index (χ3v) is 2.99. The Morgan fingerprint density at radius 3 is 2.95 bits per heavy atom. The highest BCUT2D eigenvalue weighted by atomic mass is 79.9. The quantitative estimate of drug-likeness (QED) is 0.647. The molecule has 2 N–H and O–H groups in total. The molecule has 2 aromatic rings. The molecule has 0 unspecified atom stereocenters. The number of nitro groups is 1. The number of hydrogen-bond acceptors (Lipinski definition) is 5. The van der Waals surface area contributed by atoms with E-state index in [0.717, 1.165) is 12.1 Å². The van der Waals surface area contributed by atoms with Crippen LogP contribution in [-0.2, 0) is 6.42 Å². The molecule has 1 heterocycles. The van der Waals surface area contributed by atoms with Gasteiger partial charge in [-0.1, -0.05) is 0 Å². The van der Waals surface area contributed by atoms with Crippen LogP contribution in [-0.4, -0.2) is 26.6 Å². The van der Waals surface area contributed by atoms with E-state index in [9.17, 15) is 14.5 Å². The number of halogens is 2. The molecule has 0 atom stereocenters. The average molecular weight is 330 g/mol. The number of hydrogen-bond donors (Lipinski definition) is 2. The van der Waals surface area contributed by atoms with Crippen molar-refractivity contribution in [3.63, 3.8) is 0 Å². The van der Waals surface area contributed by atoms with Crippen LogP contribution in [0.5, 0.6) is 0 Å². The molecule has 0 aliphatic heterocycles. The van der Waals surface area contributed by atoms with E-state index in [1.807, 2.05) is 0 Å². The topological polar surface area (TPSA) is 96.7 Å². The van der Waals surface area contributed by atoms with E-state index in [4.69, 9.17) is 0 Å². The summed E-state index contributed by atoms with van der Waals surface area (Å²) in [5, 5.41) is 20.0. The molecule has 0 bridgehead atoms. The van der Waals surface area contributed by atoms with Crippen molar-refractivity contribution in [2.75, 3.05) is 11.9 Å². The first-order valence-corrected chi connectivity index (χ1v) is 6.09. The molecule has 1 aromatic carbocycles. The SMILES string of the molecule is O=[N+]([O-])c1cc(Br)c(F)cc1NCCc1ncn[nH]1. The van der Waals surface area contributed by atoms with Gasteiger partial charge in [-0.3, -0.25) is 15.2 Å². The van der Waals surface area contributed by atoms with Gasteiger partial charge in [-0.25, -0.2) is 9.37 Å². The summed E-state index contributed by atoms with van der Waals surface area (Å²) in [6.45, 7) is 0.372. The van der Waals surface area contributed by atoms with Crippen LogP contribution in [0.1, 0.15) is 5.82 Å². The molecule has 1 aromatic heterocycles. The monoisotopic (exact) mass is 329 g/mol. The van der Waals surface area contributed by atoms with E-state index in [2.05, 4.69) is 36.4 Å². The molecule has 0 amide bonds. The Bertz CT molecular complexity index is 590. The summed E-state index contributed by atoms with van der Waals surface area (Å²) < 4.78 is 13.4. The van der Waals surface area contributed by atoms with Crippen LogP contribution in [0.15, 0.2) is 22.9 Å². The molecule has 0 saturated carbocycles. The fourth-order valence-electron chi connectivity index (χ4n) is 1.50. The van der Waals surface area contributed by atoms with Gasteiger partial charge in [0.05, 0.1) is 9.40 Å². The number of anilines is 1. The van der Waals surface area contributed by atoms with Gasteiger partial charge in [0, 0.05) is 25.1 Å². The van der Waals surface area contributed by atoms with Crippen molar-refractivity contribution < 1.29 is 9.31 Å². The van der Waals surface area contributed by atoms with E-state index in [1.165, 1.54) is 6.33 Å². The fourth-order valence-corrected chi connectivity index (χ4v) is 1.83. The summed E-state index contributed by atoms with van der Waals surface area (Å²) in [5.74, 6) is 0.0838. The second-order valence-corrected chi connectivity index (χ2v) is 4.50. The first kappa shape index (κ1) is 13.4. The Morgan fingerprint density at radius 1 is 1.53 bits per heavy atom. The summed E-state index contributed by atoms with van der Waals surface area (Å²) in [5.41, 5.74) is -0.0592. The zero-order valence-corrected chi connectivity index (χ0v) is 11.1. The summed E-state index contributed by atoms with van der Waals surface area (Å²) in [6.07, 6.45) is 1.87. The van der Waals surface area contributed by atoms with E-state index < -0.39 is 10.7 Å². The normalized spacial score (nSPS) is 10.4. The number of nitrogens with one attached hydrogen (secondary N) is 2. The van der Waals surface area contributed by atoms with E-state index in [1.54, 1.807) is 0 Å². The van der Waals surface area contributed by atoms with E-state index in [0.29, 0.717) is 18.8 Å². The third kappa shape index (κ3) is 3.25. The van der Waals surface area contributed by atoms with Crippen LogP contribution in [0.2, 0.25) is 0 Å². The molecule has 0 fully saturated rings. The minimum absolute atomic E-state index is 0.0555. The van der Waals surface area contributed by atoms with Crippen LogP contribution in [0, 0.1) is 15.9 Å². The standard InChI is InChI=1S/C10H9BrFN5O2/c11-6-3-9(17(18)19)8(4-7(6)12)13-2-1-10-14-5-15-16-10/h3-5,13H,1-2H2,(H,14,15,16). The maximum absolute atomic E-state index is 13.4. The van der Waals surface area contributed by atoms with E-state index in [-0.39, 0.29) is 15.8 Å². The zero-order valence-electron chi connectivity index (χ0n) is 9.56. The lowest BCUT2D eigenvalue weighted by Gasteiger charge is -2.07. The second-order valence-electron chi connectivity index (χ2n) is 3.65. The lowest BCUT2D eigenvalue weighted by atomic mass is 10.2. The minimum Gasteiger partial charge on any atom is -0.379 e. The van der Waals surface area contributed by atoms with Crippen molar-refractivity contribution in [2.45, 2.75) is 6.42 Å². The molecule has 100 valence electrons. The molecular formula is C10H9BrFN5O2. The number of benzene rings is 1. The van der Waals surface area contributed by atoms with Gasteiger partial charge < -0.3 is 5.32 Å². The maximum atomic E-state index is 13.4. The number of aromatic nitrogens is 3. The van der Waals surface area contributed by atoms with Gasteiger partial charge in [0.15, 0.2) is 0 Å². The van der Waals surface area contributed by atoms with Gasteiger partial charge in [-0.05, 0) is 15.9 Å². The predicted octanol–water partition coefficient (Wildman–Crippen LogP) is 2.27. The highest BCUT2D eigenvalue weighted by Gasteiger charge is 2.17. The molecule has 7 nitrogen and oxygen atoms in total. The van der Waals surface area contributed by atoms with Gasteiger partial charge in [-0.2, -0.15) is 5.10 Å². The largest absolute Gasteiger partial charge is 0.379 e. The number of rotatable bonds is 5. The van der Waals surface area contributed by atoms with Crippen LogP contribution in [0.4, 0.5) is 15.8 Å². The lowest BCUT2D eigenvalue weighted by molar-refractivity contribution is -0.384. The van der Waals surface area contributed by atoms with Crippen molar-refractivity contribution >= 4 is 27.3 Å². The van der Waals surface area contributed by atoms with Crippen molar-refractivity contribution in [1.82, 2.24) is 15.2 Å². The lowest BCUT2D eigenvalue weighted by Crippen LogP contribution is -2.08. The molecular weight excluding hydrogens is 321 g/mol. The second kappa shape index (κ2) is 5.74. The van der Waals surface area contributed by atoms with Crippen molar-refractivity contribution in [2.24, 2.45) is 0 Å². The van der Waals surface area contributed by atoms with Gasteiger partial charge in [-0.15, -0.1) is 0 Å². The Hall–Kier alpha value is -2.03. The number of H-pyrrole nitrogens is 1. The Balaban J connectivity index is 2.10. The summed E-state index contributed by atoms with van der Waals surface area (Å²) in [4.78, 5) is 14.2. The molecule has 19 heavy (non-hydrogen) atoms. The number of aromatic amines is 1. The maximum Gasteiger partial charge on any atom is 0.293 e. The van der Waals surface area contributed by atoms with Gasteiger partial charge in [0.1, 0.15) is 23.7 Å². The highest BCUT2D eigenvalue weighted by Crippen LogP contribution is 2.30. The molecule has 9 heteroatoms. The molecule has 0 aliphatic rings. The Labute approximate surface area is 115 Å². The molecule has 0 aliphatic carbocycles. The van der Waals surface area contributed by atoms with Crippen molar-refractivity contribution in [3.8, 4) is 0 Å². The van der Waals surface area contributed by atoms with Crippen molar-refractivity contribution in [3.05, 3.63) is 44.7 Å². The summed E-state index contributed by atoms with van der Waals surface area (Å²) in [6, 6.07) is 2.22. The van der Waals surface area contributed by atoms with Gasteiger partial charge >= 0.3 is 0 Å². The zero-order chi connectivity index (χ0) is 13.8. The first-order valence-electron chi connectivity index (χ1n) is 5.29. The highest BCUT2D eigenvalue weighted by molar-refractivity contribution is 9.10. The smallest absolute Gasteiger partial charge is 0.293 e. The summed E-state index contributed by atoms with van der Waals surface area (Å²) in [7, 11) is 0. The Kier molecular flexibility index (Phi) is 4.05. The van der Waals surface area contributed by atoms with Crippen LogP contribution in [0.3, 0.4) is 0 Å². The number of nitro benzene ring substituents is 1. The predicted molar refractivity (Wildman–Crippen MR) is 69.3 cm³/mol. The first-order chi connectivity index (χ1) is 9.08. The molecule has 0 spiro atoms. The molecule has 0 radical (unpaired) electrons. The van der Waals surface area contributed by atoms with Crippen molar-refractivity contribution in [1.29, 1.82) is 0 Å². The molecule has 2 rings (SSSR count). The molecule has 0 saturated heterocycles. The summed E-state index contributed by atoms with van der Waals surface area (Å²) >= 11 is 2.92. The average Bonchev–Trinajstić information content (AvgIpc) is 2.86. The van der Waals surface area contributed by atoms with Crippen LogP contribution >= 0.6 is 15.9 Å². The van der Waals surface area contributed by atoms with Gasteiger partial charge in [0.2, 0.25) is 0 Å². The number of nitrogens with zero attached hydrogens (tertiary/aromatic N) is 3. The van der Waals surface area contributed by atoms with Gasteiger partial charge in [0.25, 0.3) is 5.69 Å².